The monoisotopic (exact) mass is 250 g/mol. The minimum atomic E-state index is -0.155. The van der Waals surface area contributed by atoms with Gasteiger partial charge in [0, 0.05) is 19.1 Å². The molecule has 2 nitrogen and oxygen atoms in total. The van der Waals surface area contributed by atoms with E-state index >= 15 is 0 Å². The molecular formula is C15H23FN2. The maximum atomic E-state index is 14.1. The summed E-state index contributed by atoms with van der Waals surface area (Å²) >= 11 is 0. The van der Waals surface area contributed by atoms with Crippen molar-refractivity contribution in [2.45, 2.75) is 51.1 Å². The van der Waals surface area contributed by atoms with E-state index in [9.17, 15) is 4.39 Å². The van der Waals surface area contributed by atoms with Gasteiger partial charge in [-0.3, -0.25) is 0 Å². The van der Waals surface area contributed by atoms with Crippen LogP contribution in [0.5, 0.6) is 0 Å². The first kappa shape index (κ1) is 13.3. The van der Waals surface area contributed by atoms with E-state index in [0.717, 1.165) is 5.56 Å². The molecule has 1 saturated carbocycles. The van der Waals surface area contributed by atoms with Crippen molar-refractivity contribution in [1.29, 1.82) is 0 Å². The van der Waals surface area contributed by atoms with Crippen LogP contribution in [0.15, 0.2) is 18.2 Å². The zero-order chi connectivity index (χ0) is 13.1. The number of rotatable bonds is 3. The predicted molar refractivity (Wildman–Crippen MR) is 74.3 cm³/mol. The lowest BCUT2D eigenvalue weighted by molar-refractivity contribution is 0.424. The summed E-state index contributed by atoms with van der Waals surface area (Å²) in [7, 11) is 2.00. The van der Waals surface area contributed by atoms with E-state index in [2.05, 4.69) is 4.90 Å². The van der Waals surface area contributed by atoms with E-state index in [4.69, 9.17) is 5.73 Å². The lowest BCUT2D eigenvalue weighted by Gasteiger charge is -2.33. The van der Waals surface area contributed by atoms with Crippen LogP contribution in [0.1, 0.15) is 50.6 Å². The molecule has 2 rings (SSSR count). The van der Waals surface area contributed by atoms with Crippen LogP contribution in [0.4, 0.5) is 10.1 Å². The largest absolute Gasteiger partial charge is 0.369 e. The Morgan fingerprint density at radius 2 is 1.94 bits per heavy atom. The minimum absolute atomic E-state index is 0.117. The average Bonchev–Trinajstić information content (AvgIpc) is 2.38. The molecule has 1 fully saturated rings. The van der Waals surface area contributed by atoms with Crippen molar-refractivity contribution in [3.63, 3.8) is 0 Å². The van der Waals surface area contributed by atoms with Crippen molar-refractivity contribution in [3.8, 4) is 0 Å². The van der Waals surface area contributed by atoms with Crippen LogP contribution in [-0.4, -0.2) is 13.1 Å². The fraction of sp³-hybridized carbons (Fsp3) is 0.600. The van der Waals surface area contributed by atoms with Crippen molar-refractivity contribution in [2.75, 3.05) is 11.9 Å². The van der Waals surface area contributed by atoms with E-state index in [1.807, 2.05) is 26.1 Å². The third-order valence-corrected chi connectivity index (χ3v) is 4.00. The molecule has 0 aliphatic heterocycles. The summed E-state index contributed by atoms with van der Waals surface area (Å²) in [5.74, 6) is -0.155. The Hall–Kier alpha value is -1.09. The van der Waals surface area contributed by atoms with Gasteiger partial charge in [-0.25, -0.2) is 4.39 Å². The summed E-state index contributed by atoms with van der Waals surface area (Å²) in [6.07, 6.45) is 6.18. The van der Waals surface area contributed by atoms with Crippen LogP contribution in [0.3, 0.4) is 0 Å². The number of hydrogen-bond donors (Lipinski definition) is 1. The lowest BCUT2D eigenvalue weighted by Crippen LogP contribution is -2.33. The smallest absolute Gasteiger partial charge is 0.146 e. The molecule has 0 saturated heterocycles. The molecule has 2 N–H and O–H groups in total. The molecule has 3 heteroatoms. The second-order valence-corrected chi connectivity index (χ2v) is 5.40. The summed E-state index contributed by atoms with van der Waals surface area (Å²) in [4.78, 5) is 2.10. The Bertz CT molecular complexity index is 397. The zero-order valence-corrected chi connectivity index (χ0v) is 11.3. The molecule has 100 valence electrons. The van der Waals surface area contributed by atoms with Crippen molar-refractivity contribution in [1.82, 2.24) is 0 Å². The summed E-state index contributed by atoms with van der Waals surface area (Å²) < 4.78 is 14.1. The second kappa shape index (κ2) is 5.70. The first-order valence-electron chi connectivity index (χ1n) is 6.87. The third kappa shape index (κ3) is 2.83. The molecule has 1 aliphatic rings. The van der Waals surface area contributed by atoms with Gasteiger partial charge in [-0.1, -0.05) is 25.3 Å². The van der Waals surface area contributed by atoms with Crippen molar-refractivity contribution < 1.29 is 4.39 Å². The molecule has 1 aliphatic carbocycles. The van der Waals surface area contributed by atoms with Gasteiger partial charge in [-0.2, -0.15) is 0 Å². The molecule has 0 amide bonds. The number of benzene rings is 1. The highest BCUT2D eigenvalue weighted by Gasteiger charge is 2.20. The molecule has 1 unspecified atom stereocenters. The Morgan fingerprint density at radius 3 is 2.50 bits per heavy atom. The quantitative estimate of drug-likeness (QED) is 0.888. The van der Waals surface area contributed by atoms with Gasteiger partial charge in [0.1, 0.15) is 5.82 Å². The van der Waals surface area contributed by atoms with Gasteiger partial charge in [0.25, 0.3) is 0 Å². The first-order valence-corrected chi connectivity index (χ1v) is 6.87. The highest BCUT2D eigenvalue weighted by Crippen LogP contribution is 2.28. The SMILES string of the molecule is CC(N)c1ccc(N(C)C2CCCCC2)c(F)c1. The molecule has 0 radical (unpaired) electrons. The summed E-state index contributed by atoms with van der Waals surface area (Å²) in [5.41, 5.74) is 7.33. The second-order valence-electron chi connectivity index (χ2n) is 5.40. The average molecular weight is 250 g/mol. The van der Waals surface area contributed by atoms with Gasteiger partial charge in [0.15, 0.2) is 0 Å². The highest BCUT2D eigenvalue weighted by atomic mass is 19.1. The highest BCUT2D eigenvalue weighted by molar-refractivity contribution is 5.49. The standard InChI is InChI=1S/C15H23FN2/c1-11(17)12-8-9-15(14(16)10-12)18(2)13-6-4-3-5-7-13/h8-11,13H,3-7,17H2,1-2H3. The van der Waals surface area contributed by atoms with Crippen LogP contribution in [-0.2, 0) is 0 Å². The maximum absolute atomic E-state index is 14.1. The minimum Gasteiger partial charge on any atom is -0.369 e. The van der Waals surface area contributed by atoms with Gasteiger partial charge >= 0.3 is 0 Å². The van der Waals surface area contributed by atoms with Crippen LogP contribution in [0.2, 0.25) is 0 Å². The summed E-state index contributed by atoms with van der Waals surface area (Å²) in [5, 5.41) is 0. The van der Waals surface area contributed by atoms with Gasteiger partial charge < -0.3 is 10.6 Å². The zero-order valence-electron chi connectivity index (χ0n) is 11.3. The Morgan fingerprint density at radius 1 is 1.28 bits per heavy atom. The van der Waals surface area contributed by atoms with E-state index in [0.29, 0.717) is 11.7 Å². The Kier molecular flexibility index (Phi) is 4.23. The van der Waals surface area contributed by atoms with Crippen LogP contribution < -0.4 is 10.6 Å². The first-order chi connectivity index (χ1) is 8.59. The van der Waals surface area contributed by atoms with Crippen LogP contribution >= 0.6 is 0 Å². The van der Waals surface area contributed by atoms with Gasteiger partial charge in [0.05, 0.1) is 5.69 Å². The molecule has 1 atom stereocenters. The molecular weight excluding hydrogens is 227 g/mol. The summed E-state index contributed by atoms with van der Waals surface area (Å²) in [6.45, 7) is 1.87. The molecule has 18 heavy (non-hydrogen) atoms. The molecule has 0 spiro atoms. The fourth-order valence-corrected chi connectivity index (χ4v) is 2.76. The third-order valence-electron chi connectivity index (χ3n) is 4.00. The maximum Gasteiger partial charge on any atom is 0.146 e. The van der Waals surface area contributed by atoms with E-state index in [1.165, 1.54) is 32.1 Å². The Labute approximate surface area is 109 Å². The number of anilines is 1. The van der Waals surface area contributed by atoms with Crippen LogP contribution in [0.25, 0.3) is 0 Å². The predicted octanol–water partition coefficient (Wildman–Crippen LogP) is 3.61. The number of halogens is 1. The van der Waals surface area contributed by atoms with Gasteiger partial charge in [-0.15, -0.1) is 0 Å². The van der Waals surface area contributed by atoms with E-state index < -0.39 is 0 Å². The van der Waals surface area contributed by atoms with Crippen molar-refractivity contribution >= 4 is 5.69 Å². The molecule has 0 heterocycles. The Balaban J connectivity index is 2.16. The summed E-state index contributed by atoms with van der Waals surface area (Å²) in [6, 6.07) is 5.73. The molecule has 1 aromatic carbocycles. The van der Waals surface area contributed by atoms with E-state index in [-0.39, 0.29) is 11.9 Å². The normalized spacial score (nSPS) is 18.7. The molecule has 0 bridgehead atoms. The van der Waals surface area contributed by atoms with Gasteiger partial charge in [0.2, 0.25) is 0 Å². The lowest BCUT2D eigenvalue weighted by atomic mass is 9.94. The van der Waals surface area contributed by atoms with Crippen molar-refractivity contribution in [2.24, 2.45) is 5.73 Å². The van der Waals surface area contributed by atoms with E-state index in [1.54, 1.807) is 6.07 Å². The molecule has 0 aromatic heterocycles. The molecule has 1 aromatic rings. The number of nitrogens with zero attached hydrogens (tertiary/aromatic N) is 1. The van der Waals surface area contributed by atoms with Crippen molar-refractivity contribution in [3.05, 3.63) is 29.6 Å². The topological polar surface area (TPSA) is 29.3 Å². The number of hydrogen-bond acceptors (Lipinski definition) is 2. The number of nitrogens with two attached hydrogens (primary N) is 1. The fourth-order valence-electron chi connectivity index (χ4n) is 2.76. The van der Waals surface area contributed by atoms with Gasteiger partial charge in [-0.05, 0) is 37.5 Å². The van der Waals surface area contributed by atoms with Crippen LogP contribution in [0, 0.1) is 5.82 Å².